The molecule has 1 unspecified atom stereocenters. The van der Waals surface area contributed by atoms with Crippen molar-refractivity contribution in [2.24, 2.45) is 5.92 Å². The molecule has 106 valence electrons. The molecule has 2 rings (SSSR count). The molecule has 6 heteroatoms. The van der Waals surface area contributed by atoms with Crippen molar-refractivity contribution in [1.29, 1.82) is 0 Å². The van der Waals surface area contributed by atoms with E-state index in [1.165, 1.54) is 19.3 Å². The highest BCUT2D eigenvalue weighted by atomic mass is 16.4. The largest absolute Gasteiger partial charge is 0.476 e. The smallest absolute Gasteiger partial charge is 0.357 e. The van der Waals surface area contributed by atoms with Crippen molar-refractivity contribution in [1.82, 2.24) is 4.98 Å². The number of nitrogens with one attached hydrogen (secondary N) is 1. The number of hydrogen-bond acceptors (Lipinski definition) is 5. The minimum absolute atomic E-state index is 0.0885. The van der Waals surface area contributed by atoms with Crippen LogP contribution in [0.5, 0.6) is 0 Å². The highest BCUT2D eigenvalue weighted by molar-refractivity contribution is 5.85. The first-order valence-electron chi connectivity index (χ1n) is 6.77. The second kappa shape index (κ2) is 6.56. The lowest BCUT2D eigenvalue weighted by atomic mass is 9.83. The summed E-state index contributed by atoms with van der Waals surface area (Å²) in [5.74, 6) is -0.616. The van der Waals surface area contributed by atoms with Gasteiger partial charge >= 0.3 is 5.97 Å². The van der Waals surface area contributed by atoms with E-state index in [0.29, 0.717) is 12.3 Å². The summed E-state index contributed by atoms with van der Waals surface area (Å²) in [5, 5.41) is 21.1. The number of carbonyl (C=O) groups is 1. The predicted octanol–water partition coefficient (Wildman–Crippen LogP) is 2.12. The Kier molecular flexibility index (Phi) is 4.79. The number of anilines is 1. The Balaban J connectivity index is 2.00. The van der Waals surface area contributed by atoms with Crippen molar-refractivity contribution in [2.45, 2.75) is 44.6 Å². The third kappa shape index (κ3) is 3.70. The van der Waals surface area contributed by atoms with E-state index in [2.05, 4.69) is 10.3 Å². The molecule has 0 saturated heterocycles. The summed E-state index contributed by atoms with van der Waals surface area (Å²) in [6, 6.07) is 0.312. The summed E-state index contributed by atoms with van der Waals surface area (Å²) in [6.45, 7) is 0.0979. The number of oxazole rings is 1. The van der Waals surface area contributed by atoms with Crippen molar-refractivity contribution >= 4 is 12.0 Å². The number of aromatic nitrogens is 1. The van der Waals surface area contributed by atoms with E-state index in [1.807, 2.05) is 0 Å². The van der Waals surface area contributed by atoms with Gasteiger partial charge in [-0.15, -0.1) is 0 Å². The first-order chi connectivity index (χ1) is 9.20. The summed E-state index contributed by atoms with van der Waals surface area (Å²) in [7, 11) is 0. The number of hydrogen-bond donors (Lipinski definition) is 3. The summed E-state index contributed by atoms with van der Waals surface area (Å²) >= 11 is 0. The maximum atomic E-state index is 10.7. The van der Waals surface area contributed by atoms with E-state index in [4.69, 9.17) is 14.6 Å². The predicted molar refractivity (Wildman–Crippen MR) is 69.2 cm³/mol. The topological polar surface area (TPSA) is 95.6 Å². The fourth-order valence-corrected chi connectivity index (χ4v) is 2.70. The van der Waals surface area contributed by atoms with Gasteiger partial charge in [0.15, 0.2) is 5.69 Å². The quantitative estimate of drug-likeness (QED) is 0.731. The van der Waals surface area contributed by atoms with Crippen molar-refractivity contribution in [3.05, 3.63) is 12.0 Å². The minimum atomic E-state index is -1.10. The van der Waals surface area contributed by atoms with Gasteiger partial charge in [0.25, 0.3) is 6.01 Å². The van der Waals surface area contributed by atoms with Crippen LogP contribution in [0.15, 0.2) is 10.7 Å². The lowest BCUT2D eigenvalue weighted by Gasteiger charge is -2.30. The number of nitrogens with zero attached hydrogens (tertiary/aromatic N) is 1. The van der Waals surface area contributed by atoms with Gasteiger partial charge in [0, 0.05) is 12.6 Å². The molecular formula is C13H20N2O4. The number of aliphatic hydroxyl groups excluding tert-OH is 1. The van der Waals surface area contributed by atoms with Gasteiger partial charge in [-0.3, -0.25) is 0 Å². The van der Waals surface area contributed by atoms with Crippen LogP contribution >= 0.6 is 0 Å². The van der Waals surface area contributed by atoms with Gasteiger partial charge in [0.05, 0.1) is 0 Å². The first-order valence-corrected chi connectivity index (χ1v) is 6.77. The van der Waals surface area contributed by atoms with Crippen molar-refractivity contribution < 1.29 is 19.4 Å². The SMILES string of the molecule is O=C(O)c1coc(NC(CCO)C2CCCCC2)n1. The molecule has 1 aliphatic rings. The number of aromatic carboxylic acids is 1. The Hall–Kier alpha value is -1.56. The van der Waals surface area contributed by atoms with E-state index in [-0.39, 0.29) is 24.4 Å². The molecule has 1 aliphatic carbocycles. The Bertz CT molecular complexity index is 413. The molecule has 0 radical (unpaired) electrons. The third-order valence-corrected chi connectivity index (χ3v) is 3.69. The highest BCUT2D eigenvalue weighted by Gasteiger charge is 2.24. The van der Waals surface area contributed by atoms with Crippen LogP contribution < -0.4 is 5.32 Å². The summed E-state index contributed by atoms with van der Waals surface area (Å²) in [6.07, 6.45) is 7.69. The van der Waals surface area contributed by atoms with E-state index >= 15 is 0 Å². The standard InChI is InChI=1S/C13H20N2O4/c16-7-6-10(9-4-2-1-3-5-9)14-13-15-11(8-19-13)12(17)18/h8-10,16H,1-7H2,(H,14,15)(H,17,18). The van der Waals surface area contributed by atoms with Gasteiger partial charge in [-0.05, 0) is 25.2 Å². The molecule has 1 atom stereocenters. The van der Waals surface area contributed by atoms with Crippen LogP contribution in [-0.4, -0.2) is 33.8 Å². The monoisotopic (exact) mass is 268 g/mol. The Morgan fingerprint density at radius 2 is 2.21 bits per heavy atom. The average molecular weight is 268 g/mol. The van der Waals surface area contributed by atoms with Gasteiger partial charge in [-0.25, -0.2) is 4.79 Å². The maximum absolute atomic E-state index is 10.7. The molecule has 1 saturated carbocycles. The molecule has 0 bridgehead atoms. The molecule has 1 aromatic rings. The lowest BCUT2D eigenvalue weighted by Crippen LogP contribution is -2.31. The van der Waals surface area contributed by atoms with Crippen LogP contribution in [0.1, 0.15) is 49.0 Å². The van der Waals surface area contributed by atoms with Crippen LogP contribution in [-0.2, 0) is 0 Å². The normalized spacial score (nSPS) is 18.2. The number of carboxylic acid groups (broad SMARTS) is 1. The summed E-state index contributed by atoms with van der Waals surface area (Å²) in [4.78, 5) is 14.6. The molecule has 0 aliphatic heterocycles. The fraction of sp³-hybridized carbons (Fsp3) is 0.692. The van der Waals surface area contributed by atoms with Crippen molar-refractivity contribution in [3.63, 3.8) is 0 Å². The van der Waals surface area contributed by atoms with Crippen LogP contribution in [0.2, 0.25) is 0 Å². The molecule has 1 heterocycles. The molecule has 19 heavy (non-hydrogen) atoms. The van der Waals surface area contributed by atoms with Crippen LogP contribution in [0.3, 0.4) is 0 Å². The van der Waals surface area contributed by atoms with E-state index in [0.717, 1.165) is 19.1 Å². The first kappa shape index (κ1) is 13.9. The van der Waals surface area contributed by atoms with E-state index in [1.54, 1.807) is 0 Å². The summed E-state index contributed by atoms with van der Waals surface area (Å²) < 4.78 is 5.11. The van der Waals surface area contributed by atoms with Crippen LogP contribution in [0.25, 0.3) is 0 Å². The van der Waals surface area contributed by atoms with Crippen molar-refractivity contribution in [3.8, 4) is 0 Å². The van der Waals surface area contributed by atoms with Crippen LogP contribution in [0, 0.1) is 5.92 Å². The fourth-order valence-electron chi connectivity index (χ4n) is 2.70. The van der Waals surface area contributed by atoms with Gasteiger partial charge in [-0.1, -0.05) is 19.3 Å². The average Bonchev–Trinajstić information content (AvgIpc) is 2.88. The Morgan fingerprint density at radius 3 is 2.79 bits per heavy atom. The molecule has 0 spiro atoms. The Labute approximate surface area is 111 Å². The molecule has 0 aromatic carbocycles. The third-order valence-electron chi connectivity index (χ3n) is 3.69. The molecule has 6 nitrogen and oxygen atoms in total. The summed E-state index contributed by atoms with van der Waals surface area (Å²) in [5.41, 5.74) is -0.103. The van der Waals surface area contributed by atoms with Gasteiger partial charge in [0.2, 0.25) is 0 Å². The lowest BCUT2D eigenvalue weighted by molar-refractivity contribution is 0.0690. The highest BCUT2D eigenvalue weighted by Crippen LogP contribution is 2.29. The van der Waals surface area contributed by atoms with Crippen LogP contribution in [0.4, 0.5) is 6.01 Å². The molecule has 3 N–H and O–H groups in total. The second-order valence-corrected chi connectivity index (χ2v) is 5.00. The van der Waals surface area contributed by atoms with Gasteiger partial charge < -0.3 is 19.9 Å². The van der Waals surface area contributed by atoms with Gasteiger partial charge in [0.1, 0.15) is 6.26 Å². The zero-order valence-electron chi connectivity index (χ0n) is 10.8. The zero-order valence-corrected chi connectivity index (χ0v) is 10.8. The molecule has 1 aromatic heterocycles. The minimum Gasteiger partial charge on any atom is -0.476 e. The second-order valence-electron chi connectivity index (χ2n) is 5.00. The molecule has 0 amide bonds. The number of aliphatic hydroxyl groups is 1. The van der Waals surface area contributed by atoms with Crippen molar-refractivity contribution in [2.75, 3.05) is 11.9 Å². The molecular weight excluding hydrogens is 248 g/mol. The number of carboxylic acids is 1. The maximum Gasteiger partial charge on any atom is 0.357 e. The molecule has 1 fully saturated rings. The van der Waals surface area contributed by atoms with Gasteiger partial charge in [-0.2, -0.15) is 4.98 Å². The number of rotatable bonds is 6. The van der Waals surface area contributed by atoms with E-state index in [9.17, 15) is 4.79 Å². The van der Waals surface area contributed by atoms with E-state index < -0.39 is 5.97 Å². The zero-order chi connectivity index (χ0) is 13.7. The Morgan fingerprint density at radius 1 is 1.47 bits per heavy atom.